The Hall–Kier alpha value is -3.52. The van der Waals surface area contributed by atoms with E-state index >= 15 is 0 Å². The third-order valence-corrected chi connectivity index (χ3v) is 5.55. The zero-order valence-electron chi connectivity index (χ0n) is 17.1. The molecule has 0 unspecified atom stereocenters. The number of aromatic nitrogens is 1. The monoisotopic (exact) mass is 399 g/mol. The van der Waals surface area contributed by atoms with Gasteiger partial charge in [-0.3, -0.25) is 0 Å². The molecule has 0 atom stereocenters. The van der Waals surface area contributed by atoms with Crippen molar-refractivity contribution in [1.82, 2.24) is 4.98 Å². The van der Waals surface area contributed by atoms with Crippen LogP contribution in [0.3, 0.4) is 0 Å². The van der Waals surface area contributed by atoms with Gasteiger partial charge in [0.15, 0.2) is 0 Å². The molecule has 3 aromatic rings. The fourth-order valence-corrected chi connectivity index (χ4v) is 3.94. The normalized spacial score (nSPS) is 14.7. The third-order valence-electron chi connectivity index (χ3n) is 5.55. The molecule has 0 N–H and O–H groups in total. The van der Waals surface area contributed by atoms with Crippen LogP contribution in [0.25, 0.3) is 12.2 Å². The van der Waals surface area contributed by atoms with Gasteiger partial charge in [-0.2, -0.15) is 10.2 Å². The molecule has 1 aliphatic rings. The van der Waals surface area contributed by atoms with Gasteiger partial charge < -0.3 is 14.1 Å². The molecule has 152 valence electrons. The maximum absolute atomic E-state index is 9.53. The minimum absolute atomic E-state index is 0.344. The number of benzene rings is 2. The Morgan fingerprint density at radius 1 is 1.10 bits per heavy atom. The van der Waals surface area contributed by atoms with Gasteiger partial charge in [0.05, 0.1) is 7.11 Å². The maximum Gasteiger partial charge on any atom is 0.235 e. The van der Waals surface area contributed by atoms with Crippen molar-refractivity contribution in [2.24, 2.45) is 5.92 Å². The van der Waals surface area contributed by atoms with Crippen molar-refractivity contribution in [1.29, 1.82) is 5.26 Å². The van der Waals surface area contributed by atoms with Gasteiger partial charge in [-0.25, -0.2) is 0 Å². The minimum Gasteiger partial charge on any atom is -0.496 e. The van der Waals surface area contributed by atoms with E-state index in [4.69, 9.17) is 9.15 Å². The first kappa shape index (κ1) is 19.8. The highest BCUT2D eigenvalue weighted by Gasteiger charge is 2.25. The van der Waals surface area contributed by atoms with E-state index in [1.54, 1.807) is 13.2 Å². The molecule has 5 nitrogen and oxygen atoms in total. The Morgan fingerprint density at radius 3 is 2.57 bits per heavy atom. The molecule has 4 rings (SSSR count). The Balaban J connectivity index is 1.43. The first-order valence-electron chi connectivity index (χ1n) is 10.3. The van der Waals surface area contributed by atoms with E-state index in [1.165, 1.54) is 5.56 Å². The highest BCUT2D eigenvalue weighted by Crippen LogP contribution is 2.29. The summed E-state index contributed by atoms with van der Waals surface area (Å²) in [5.41, 5.74) is 2.66. The zero-order chi connectivity index (χ0) is 20.8. The number of nitriles is 1. The molecule has 0 amide bonds. The number of hydrogen-bond acceptors (Lipinski definition) is 5. The number of hydrogen-bond donors (Lipinski definition) is 0. The van der Waals surface area contributed by atoms with Crippen LogP contribution in [0.4, 0.5) is 5.88 Å². The topological polar surface area (TPSA) is 62.3 Å². The van der Waals surface area contributed by atoms with Crippen molar-refractivity contribution < 1.29 is 9.15 Å². The number of para-hydroxylation sites is 1. The fraction of sp³-hybridized carbons (Fsp3) is 0.280. The van der Waals surface area contributed by atoms with Crippen LogP contribution in [-0.2, 0) is 6.42 Å². The van der Waals surface area contributed by atoms with E-state index in [1.807, 2.05) is 30.3 Å². The van der Waals surface area contributed by atoms with Gasteiger partial charge in [-0.1, -0.05) is 48.5 Å². The third kappa shape index (κ3) is 4.55. The van der Waals surface area contributed by atoms with Crippen molar-refractivity contribution in [3.63, 3.8) is 0 Å². The molecule has 0 bridgehead atoms. The summed E-state index contributed by atoms with van der Waals surface area (Å²) in [7, 11) is 1.64. The second kappa shape index (κ2) is 9.32. The average molecular weight is 399 g/mol. The summed E-state index contributed by atoms with van der Waals surface area (Å²) in [4.78, 5) is 6.51. The van der Waals surface area contributed by atoms with Crippen LogP contribution in [-0.4, -0.2) is 25.2 Å². The Labute approximate surface area is 177 Å². The summed E-state index contributed by atoms with van der Waals surface area (Å²) in [6.45, 7) is 1.74. The second-order valence-corrected chi connectivity index (χ2v) is 7.51. The first-order valence-corrected chi connectivity index (χ1v) is 10.3. The minimum atomic E-state index is 0.344. The number of oxazole rings is 1. The van der Waals surface area contributed by atoms with E-state index in [-0.39, 0.29) is 0 Å². The van der Waals surface area contributed by atoms with Gasteiger partial charge >= 0.3 is 0 Å². The van der Waals surface area contributed by atoms with E-state index in [0.29, 0.717) is 23.4 Å². The van der Waals surface area contributed by atoms with E-state index in [2.05, 4.69) is 46.3 Å². The standard InChI is InChI=1S/C25H25N3O2/c1-29-23-10-6-5-9-21(23)11-12-24-27-22(18-26)25(30-24)28-15-13-20(14-16-28)17-19-7-3-2-4-8-19/h2-12,20H,13-17H2,1H3/b12-11+. The molecule has 1 aliphatic heterocycles. The van der Waals surface area contributed by atoms with Crippen LogP contribution in [0.1, 0.15) is 35.6 Å². The maximum atomic E-state index is 9.53. The van der Waals surface area contributed by atoms with Gasteiger partial charge in [0.2, 0.25) is 17.5 Å². The van der Waals surface area contributed by atoms with Crippen LogP contribution in [0.2, 0.25) is 0 Å². The van der Waals surface area contributed by atoms with Crippen molar-refractivity contribution >= 4 is 18.0 Å². The molecule has 5 heteroatoms. The summed E-state index contributed by atoms with van der Waals surface area (Å²) in [6.07, 6.45) is 6.93. The summed E-state index contributed by atoms with van der Waals surface area (Å²) in [5, 5.41) is 9.53. The van der Waals surface area contributed by atoms with Gasteiger partial charge in [-0.15, -0.1) is 0 Å². The number of methoxy groups -OCH3 is 1. The van der Waals surface area contributed by atoms with Crippen molar-refractivity contribution in [3.8, 4) is 11.8 Å². The largest absolute Gasteiger partial charge is 0.496 e. The highest BCUT2D eigenvalue weighted by molar-refractivity contribution is 5.70. The smallest absolute Gasteiger partial charge is 0.235 e. The Bertz CT molecular complexity index is 1040. The molecule has 1 fully saturated rings. The predicted molar refractivity (Wildman–Crippen MR) is 118 cm³/mol. The fourth-order valence-electron chi connectivity index (χ4n) is 3.94. The molecule has 0 radical (unpaired) electrons. The van der Waals surface area contributed by atoms with Gasteiger partial charge in [0.25, 0.3) is 0 Å². The van der Waals surface area contributed by atoms with Gasteiger partial charge in [0.1, 0.15) is 11.8 Å². The quantitative estimate of drug-likeness (QED) is 0.571. The first-order chi connectivity index (χ1) is 14.8. The number of rotatable bonds is 6. The van der Waals surface area contributed by atoms with Crippen LogP contribution in [0.15, 0.2) is 59.0 Å². The van der Waals surface area contributed by atoms with Crippen molar-refractivity contribution in [2.75, 3.05) is 25.1 Å². The number of ether oxygens (including phenoxy) is 1. The van der Waals surface area contributed by atoms with Crippen LogP contribution in [0.5, 0.6) is 5.75 Å². The molecule has 1 saturated heterocycles. The Morgan fingerprint density at radius 2 is 1.83 bits per heavy atom. The summed E-state index contributed by atoms with van der Waals surface area (Å²) >= 11 is 0. The number of piperidine rings is 1. The van der Waals surface area contributed by atoms with E-state index in [9.17, 15) is 5.26 Å². The molecule has 30 heavy (non-hydrogen) atoms. The van der Waals surface area contributed by atoms with Crippen LogP contribution < -0.4 is 9.64 Å². The Kier molecular flexibility index (Phi) is 6.14. The molecule has 2 heterocycles. The molecule has 0 aliphatic carbocycles. The summed E-state index contributed by atoms with van der Waals surface area (Å²) < 4.78 is 11.3. The zero-order valence-corrected chi connectivity index (χ0v) is 17.1. The molecule has 0 spiro atoms. The van der Waals surface area contributed by atoms with E-state index in [0.717, 1.165) is 43.7 Å². The van der Waals surface area contributed by atoms with Crippen molar-refractivity contribution in [2.45, 2.75) is 19.3 Å². The van der Waals surface area contributed by atoms with Gasteiger partial charge in [-0.05, 0) is 42.9 Å². The molecule has 2 aromatic carbocycles. The number of nitrogens with zero attached hydrogens (tertiary/aromatic N) is 3. The second-order valence-electron chi connectivity index (χ2n) is 7.51. The number of anilines is 1. The lowest BCUT2D eigenvalue weighted by Gasteiger charge is -2.31. The summed E-state index contributed by atoms with van der Waals surface area (Å²) in [6, 6.07) is 20.5. The lowest BCUT2D eigenvalue weighted by atomic mass is 9.90. The predicted octanol–water partition coefficient (Wildman–Crippen LogP) is 5.18. The van der Waals surface area contributed by atoms with Crippen molar-refractivity contribution in [3.05, 3.63) is 77.3 Å². The lowest BCUT2D eigenvalue weighted by molar-refractivity contribution is 0.387. The lowest BCUT2D eigenvalue weighted by Crippen LogP contribution is -2.34. The molecular weight excluding hydrogens is 374 g/mol. The van der Waals surface area contributed by atoms with E-state index < -0.39 is 0 Å². The molecular formula is C25H25N3O2. The average Bonchev–Trinajstić information content (AvgIpc) is 3.22. The molecule has 0 saturated carbocycles. The SMILES string of the molecule is COc1ccccc1/C=C/c1nc(C#N)c(N2CCC(Cc3ccccc3)CC2)o1. The van der Waals surface area contributed by atoms with Crippen LogP contribution in [0, 0.1) is 17.2 Å². The summed E-state index contributed by atoms with van der Waals surface area (Å²) in [5.74, 6) is 2.44. The highest BCUT2D eigenvalue weighted by atomic mass is 16.5. The van der Waals surface area contributed by atoms with Crippen LogP contribution >= 0.6 is 0 Å². The van der Waals surface area contributed by atoms with Gasteiger partial charge in [0, 0.05) is 24.7 Å². The molecule has 1 aromatic heterocycles.